The Morgan fingerprint density at radius 2 is 1.20 bits per heavy atom. The molecule has 0 fully saturated rings. The van der Waals surface area contributed by atoms with E-state index in [0.717, 1.165) is 83.1 Å². The molecule has 0 N–H and O–H groups in total. The molecule has 0 radical (unpaired) electrons. The van der Waals surface area contributed by atoms with Crippen molar-refractivity contribution in [2.45, 2.75) is 0 Å². The third-order valence-electron chi connectivity index (χ3n) is 8.79. The van der Waals surface area contributed by atoms with Gasteiger partial charge in [0.25, 0.3) is 0 Å². The van der Waals surface area contributed by atoms with Crippen LogP contribution in [0.3, 0.4) is 0 Å². The van der Waals surface area contributed by atoms with Gasteiger partial charge in [-0.05, 0) is 77.9 Å². The molecule has 0 aliphatic heterocycles. The minimum absolute atomic E-state index is 0.625. The van der Waals surface area contributed by atoms with Crippen molar-refractivity contribution in [1.82, 2.24) is 9.55 Å². The zero-order valence-corrected chi connectivity index (χ0v) is 24.7. The molecule has 4 nitrogen and oxygen atoms in total. The maximum absolute atomic E-state index is 9.69. The van der Waals surface area contributed by atoms with Gasteiger partial charge in [-0.15, -0.1) is 0 Å². The van der Waals surface area contributed by atoms with E-state index < -0.39 is 0 Å². The van der Waals surface area contributed by atoms with E-state index in [-0.39, 0.29) is 0 Å². The van der Waals surface area contributed by atoms with E-state index >= 15 is 0 Å². The van der Waals surface area contributed by atoms with E-state index in [1.165, 1.54) is 0 Å². The second-order valence-corrected chi connectivity index (χ2v) is 11.6. The van der Waals surface area contributed by atoms with Gasteiger partial charge in [-0.3, -0.25) is 0 Å². The summed E-state index contributed by atoms with van der Waals surface area (Å²) in [6, 6.07) is 54.3. The molecule has 3 heterocycles. The van der Waals surface area contributed by atoms with Crippen LogP contribution >= 0.6 is 0 Å². The standard InChI is InChI=1S/C42H25N3O/c43-26-27-10-8-13-29(20-27)30-21-31(38-17-9-16-37(44-38)28-11-2-1-3-12-28)23-32(22-30)45-39-18-6-4-14-33(39)35-25-42-36(24-40(35)45)34-15-5-7-19-41(34)46-42/h1-25H. The van der Waals surface area contributed by atoms with Gasteiger partial charge in [-0.25, -0.2) is 4.98 Å². The Labute approximate surface area is 265 Å². The first kappa shape index (κ1) is 26.0. The smallest absolute Gasteiger partial charge is 0.136 e. The first-order chi connectivity index (χ1) is 22.7. The second kappa shape index (κ2) is 10.3. The van der Waals surface area contributed by atoms with Gasteiger partial charge in [0.1, 0.15) is 11.2 Å². The number of hydrogen-bond donors (Lipinski definition) is 0. The molecule has 0 saturated carbocycles. The van der Waals surface area contributed by atoms with Gasteiger partial charge < -0.3 is 8.98 Å². The van der Waals surface area contributed by atoms with Crippen LogP contribution in [0, 0.1) is 11.3 Å². The van der Waals surface area contributed by atoms with Crippen molar-refractivity contribution < 1.29 is 4.42 Å². The van der Waals surface area contributed by atoms with Crippen molar-refractivity contribution in [3.8, 4) is 45.4 Å². The average molecular weight is 588 g/mol. The van der Waals surface area contributed by atoms with Crippen LogP contribution in [0.25, 0.3) is 83.1 Å². The fraction of sp³-hybridized carbons (Fsp3) is 0. The Kier molecular flexibility index (Phi) is 5.84. The summed E-state index contributed by atoms with van der Waals surface area (Å²) < 4.78 is 8.65. The van der Waals surface area contributed by atoms with Crippen LogP contribution < -0.4 is 0 Å². The number of fused-ring (bicyclic) bond motifs is 6. The lowest BCUT2D eigenvalue weighted by molar-refractivity contribution is 0.669. The van der Waals surface area contributed by atoms with E-state index in [1.54, 1.807) is 0 Å². The minimum atomic E-state index is 0.625. The van der Waals surface area contributed by atoms with Gasteiger partial charge in [0.15, 0.2) is 0 Å². The third kappa shape index (κ3) is 4.18. The molecule has 4 heteroatoms. The SMILES string of the molecule is N#Cc1cccc(-c2cc(-c3cccc(-c4ccccc4)n3)cc(-n3c4ccccc4c4cc5oc6ccccc6c5cc43)c2)c1. The van der Waals surface area contributed by atoms with Crippen molar-refractivity contribution in [2.24, 2.45) is 0 Å². The van der Waals surface area contributed by atoms with Crippen LogP contribution in [0.1, 0.15) is 5.56 Å². The molecule has 0 bridgehead atoms. The predicted octanol–water partition coefficient (Wildman–Crippen LogP) is 11.0. The van der Waals surface area contributed by atoms with Crippen molar-refractivity contribution >= 4 is 43.7 Å². The number of rotatable bonds is 4. The van der Waals surface area contributed by atoms with Gasteiger partial charge in [-0.2, -0.15) is 5.26 Å². The van der Waals surface area contributed by atoms with Crippen molar-refractivity contribution in [3.63, 3.8) is 0 Å². The zero-order valence-electron chi connectivity index (χ0n) is 24.7. The van der Waals surface area contributed by atoms with Crippen LogP contribution in [0.2, 0.25) is 0 Å². The second-order valence-electron chi connectivity index (χ2n) is 11.6. The van der Waals surface area contributed by atoms with Gasteiger partial charge in [-0.1, -0.05) is 84.9 Å². The van der Waals surface area contributed by atoms with E-state index in [2.05, 4.69) is 108 Å². The number of benzene rings is 6. The normalized spacial score (nSPS) is 11.5. The van der Waals surface area contributed by atoms with Gasteiger partial charge in [0.05, 0.1) is 34.1 Å². The number of hydrogen-bond acceptors (Lipinski definition) is 3. The first-order valence-corrected chi connectivity index (χ1v) is 15.3. The lowest BCUT2D eigenvalue weighted by atomic mass is 9.98. The Hall–Kier alpha value is -6.44. The van der Waals surface area contributed by atoms with E-state index in [0.29, 0.717) is 5.56 Å². The predicted molar refractivity (Wildman–Crippen MR) is 187 cm³/mol. The van der Waals surface area contributed by atoms with E-state index in [1.807, 2.05) is 54.6 Å². The highest BCUT2D eigenvalue weighted by Crippen LogP contribution is 2.40. The van der Waals surface area contributed by atoms with Gasteiger partial charge in [0.2, 0.25) is 0 Å². The number of para-hydroxylation sites is 2. The van der Waals surface area contributed by atoms with Crippen LogP contribution in [0.5, 0.6) is 0 Å². The highest BCUT2D eigenvalue weighted by molar-refractivity contribution is 6.17. The Balaban J connectivity index is 1.34. The summed E-state index contributed by atoms with van der Waals surface area (Å²) in [7, 11) is 0. The quantitative estimate of drug-likeness (QED) is 0.206. The fourth-order valence-corrected chi connectivity index (χ4v) is 6.65. The number of nitrogens with zero attached hydrogens (tertiary/aromatic N) is 3. The van der Waals surface area contributed by atoms with Crippen molar-refractivity contribution in [3.05, 3.63) is 157 Å². The summed E-state index contributed by atoms with van der Waals surface area (Å²) in [5.74, 6) is 0. The minimum Gasteiger partial charge on any atom is -0.456 e. The molecule has 9 rings (SSSR count). The van der Waals surface area contributed by atoms with Gasteiger partial charge >= 0.3 is 0 Å². The monoisotopic (exact) mass is 587 g/mol. The first-order valence-electron chi connectivity index (χ1n) is 15.3. The number of nitriles is 1. The lowest BCUT2D eigenvalue weighted by Gasteiger charge is -2.14. The van der Waals surface area contributed by atoms with E-state index in [9.17, 15) is 5.26 Å². The molecule has 214 valence electrons. The van der Waals surface area contributed by atoms with Crippen molar-refractivity contribution in [1.29, 1.82) is 5.26 Å². The Morgan fingerprint density at radius 3 is 2.07 bits per heavy atom. The lowest BCUT2D eigenvalue weighted by Crippen LogP contribution is -1.97. The summed E-state index contributed by atoms with van der Waals surface area (Å²) in [5, 5.41) is 14.2. The van der Waals surface area contributed by atoms with Gasteiger partial charge in [0, 0.05) is 38.4 Å². The molecular weight excluding hydrogens is 562 g/mol. The molecule has 0 unspecified atom stereocenters. The summed E-state index contributed by atoms with van der Waals surface area (Å²) in [6.07, 6.45) is 0. The molecule has 0 saturated heterocycles. The average Bonchev–Trinajstić information content (AvgIpc) is 3.65. The maximum Gasteiger partial charge on any atom is 0.136 e. The molecule has 3 aromatic heterocycles. The summed E-state index contributed by atoms with van der Waals surface area (Å²) in [5.41, 5.74) is 11.5. The highest BCUT2D eigenvalue weighted by atomic mass is 16.3. The Morgan fingerprint density at radius 1 is 0.478 bits per heavy atom. The van der Waals surface area contributed by atoms with Crippen LogP contribution in [0.4, 0.5) is 0 Å². The molecule has 0 aliphatic carbocycles. The molecule has 0 amide bonds. The van der Waals surface area contributed by atoms with Crippen LogP contribution in [0.15, 0.2) is 156 Å². The molecule has 0 aliphatic rings. The fourth-order valence-electron chi connectivity index (χ4n) is 6.65. The van der Waals surface area contributed by atoms with Crippen molar-refractivity contribution in [2.75, 3.05) is 0 Å². The number of furan rings is 1. The summed E-state index contributed by atoms with van der Waals surface area (Å²) in [6.45, 7) is 0. The summed E-state index contributed by atoms with van der Waals surface area (Å²) >= 11 is 0. The molecule has 0 atom stereocenters. The topological polar surface area (TPSA) is 54.8 Å². The molecule has 9 aromatic rings. The number of pyridine rings is 1. The number of aromatic nitrogens is 2. The zero-order chi connectivity index (χ0) is 30.6. The van der Waals surface area contributed by atoms with E-state index in [4.69, 9.17) is 9.40 Å². The van der Waals surface area contributed by atoms with Crippen LogP contribution in [-0.4, -0.2) is 9.55 Å². The molecular formula is C42H25N3O. The maximum atomic E-state index is 9.69. The summed E-state index contributed by atoms with van der Waals surface area (Å²) in [4.78, 5) is 5.12. The Bertz CT molecular complexity index is 2660. The third-order valence-corrected chi connectivity index (χ3v) is 8.79. The molecule has 46 heavy (non-hydrogen) atoms. The molecule has 6 aromatic carbocycles. The largest absolute Gasteiger partial charge is 0.456 e. The van der Waals surface area contributed by atoms with Crippen LogP contribution in [-0.2, 0) is 0 Å². The highest BCUT2D eigenvalue weighted by Gasteiger charge is 2.18. The molecule has 0 spiro atoms.